The highest BCUT2D eigenvalue weighted by molar-refractivity contribution is 7.86. The van der Waals surface area contributed by atoms with Crippen LogP contribution in [0.15, 0.2) is 51.7 Å². The van der Waals surface area contributed by atoms with Gasteiger partial charge in [0.05, 0.1) is 30.9 Å². The lowest BCUT2D eigenvalue weighted by atomic mass is 10.0. The second-order valence-corrected chi connectivity index (χ2v) is 7.60. The summed E-state index contributed by atoms with van der Waals surface area (Å²) in [5, 5.41) is 0.157. The number of ether oxygens (including phenoxy) is 2. The molecule has 0 spiro atoms. The van der Waals surface area contributed by atoms with Crippen molar-refractivity contribution in [3.8, 4) is 22.6 Å². The maximum Gasteiger partial charge on any atom is 0.375 e. The summed E-state index contributed by atoms with van der Waals surface area (Å²) < 4.78 is 43.3. The molecule has 1 aromatic heterocycles. The lowest BCUT2D eigenvalue weighted by Crippen LogP contribution is -2.15. The van der Waals surface area contributed by atoms with Crippen LogP contribution in [0.2, 0.25) is 0 Å². The summed E-state index contributed by atoms with van der Waals surface area (Å²) in [6.45, 7) is 1.71. The lowest BCUT2D eigenvalue weighted by molar-refractivity contribution is 0.0492. The second-order valence-electron chi connectivity index (χ2n) is 6.03. The van der Waals surface area contributed by atoms with E-state index in [1.807, 2.05) is 0 Å². The molecule has 0 fully saturated rings. The van der Waals surface area contributed by atoms with Crippen LogP contribution in [-0.4, -0.2) is 34.4 Å². The predicted octanol–water partition coefficient (Wildman–Crippen LogP) is 2.98. The molecule has 3 aromatic rings. The molecule has 29 heavy (non-hydrogen) atoms. The molecule has 2 aromatic carbocycles. The van der Waals surface area contributed by atoms with Crippen molar-refractivity contribution in [1.82, 2.24) is 0 Å². The van der Waals surface area contributed by atoms with Crippen LogP contribution in [0.1, 0.15) is 17.5 Å². The van der Waals surface area contributed by atoms with Crippen molar-refractivity contribution in [1.29, 1.82) is 0 Å². The number of carbonyl (C=O) groups excluding carboxylic acids is 1. The zero-order valence-electron chi connectivity index (χ0n) is 15.9. The topological polar surface area (TPSA) is 109 Å². The molecule has 152 valence electrons. The van der Waals surface area contributed by atoms with Crippen molar-refractivity contribution in [2.75, 3.05) is 20.0 Å². The van der Waals surface area contributed by atoms with Gasteiger partial charge in [-0.25, -0.2) is 4.79 Å². The van der Waals surface area contributed by atoms with E-state index in [-0.39, 0.29) is 34.6 Å². The van der Waals surface area contributed by atoms with Crippen LogP contribution >= 0.6 is 0 Å². The van der Waals surface area contributed by atoms with Gasteiger partial charge in [-0.3, -0.25) is 4.79 Å². The van der Waals surface area contributed by atoms with Crippen molar-refractivity contribution in [2.24, 2.45) is 0 Å². The first-order valence-electron chi connectivity index (χ1n) is 8.55. The molecule has 0 radical (unpaired) electrons. The molecule has 3 rings (SSSR count). The quantitative estimate of drug-likeness (QED) is 0.444. The zero-order valence-corrected chi connectivity index (χ0v) is 16.7. The van der Waals surface area contributed by atoms with Gasteiger partial charge < -0.3 is 18.1 Å². The Hall–Kier alpha value is -3.33. The Labute approximate surface area is 166 Å². The van der Waals surface area contributed by atoms with Gasteiger partial charge in [-0.15, -0.1) is 0 Å². The van der Waals surface area contributed by atoms with Crippen LogP contribution in [0.5, 0.6) is 11.5 Å². The van der Waals surface area contributed by atoms with Crippen molar-refractivity contribution in [2.45, 2.75) is 6.92 Å². The molecule has 8 nitrogen and oxygen atoms in total. The Morgan fingerprint density at radius 1 is 1.07 bits per heavy atom. The Balaban J connectivity index is 2.26. The molecule has 0 atom stereocenters. The number of esters is 1. The predicted molar refractivity (Wildman–Crippen MR) is 106 cm³/mol. The molecule has 9 heteroatoms. The van der Waals surface area contributed by atoms with Crippen LogP contribution in [0, 0.1) is 0 Å². The fourth-order valence-electron chi connectivity index (χ4n) is 2.76. The fraction of sp³-hybridized carbons (Fsp3) is 0.200. The normalized spacial score (nSPS) is 11.3. The van der Waals surface area contributed by atoms with E-state index in [9.17, 15) is 18.0 Å². The van der Waals surface area contributed by atoms with Crippen LogP contribution in [0.4, 0.5) is 0 Å². The summed E-state index contributed by atoms with van der Waals surface area (Å²) >= 11 is 0. The first-order valence-corrected chi connectivity index (χ1v) is 10.4. The number of methoxy groups -OCH3 is 1. The molecule has 0 saturated carbocycles. The third-order valence-corrected chi connectivity index (χ3v) is 4.45. The molecule has 0 N–H and O–H groups in total. The van der Waals surface area contributed by atoms with Gasteiger partial charge in [0.25, 0.3) is 0 Å². The molecule has 1 heterocycles. The number of hydrogen-bond acceptors (Lipinski definition) is 8. The smallest absolute Gasteiger partial charge is 0.375 e. The van der Waals surface area contributed by atoms with Gasteiger partial charge >= 0.3 is 16.1 Å². The average Bonchev–Trinajstić information content (AvgIpc) is 2.67. The fourth-order valence-corrected chi connectivity index (χ4v) is 3.21. The Morgan fingerprint density at radius 2 is 1.72 bits per heavy atom. The summed E-state index contributed by atoms with van der Waals surface area (Å²) in [4.78, 5) is 25.6. The first kappa shape index (κ1) is 20.4. The SMILES string of the molecule is CCOC(=O)c1oc2cc(OS(C)(=O)=O)ccc2c(=O)c1-c1ccc(OC)cc1. The van der Waals surface area contributed by atoms with Crippen LogP contribution in [-0.2, 0) is 14.9 Å². The number of carbonyl (C=O) groups is 1. The van der Waals surface area contributed by atoms with E-state index < -0.39 is 21.5 Å². The highest BCUT2D eigenvalue weighted by Crippen LogP contribution is 2.29. The molecule has 0 amide bonds. The van der Waals surface area contributed by atoms with Gasteiger partial charge in [0.15, 0.2) is 0 Å². The second kappa shape index (κ2) is 7.96. The molecule has 0 bridgehead atoms. The molecule has 0 aliphatic heterocycles. The Bertz CT molecular complexity index is 1220. The molecule has 0 saturated heterocycles. The summed E-state index contributed by atoms with van der Waals surface area (Å²) in [5.41, 5.74) is 0.0122. The van der Waals surface area contributed by atoms with Gasteiger partial charge in [0.1, 0.15) is 17.1 Å². The number of rotatable bonds is 6. The monoisotopic (exact) mass is 418 g/mol. The molecular formula is C20H18O8S. The number of hydrogen-bond donors (Lipinski definition) is 0. The first-order chi connectivity index (χ1) is 13.7. The largest absolute Gasteiger partial charge is 0.497 e. The third-order valence-electron chi connectivity index (χ3n) is 3.95. The molecule has 0 aliphatic rings. The van der Waals surface area contributed by atoms with Crippen LogP contribution < -0.4 is 14.3 Å². The van der Waals surface area contributed by atoms with Crippen molar-refractivity contribution < 1.29 is 31.3 Å². The van der Waals surface area contributed by atoms with Crippen molar-refractivity contribution >= 4 is 27.1 Å². The maximum atomic E-state index is 13.2. The lowest BCUT2D eigenvalue weighted by Gasteiger charge is -2.11. The maximum absolute atomic E-state index is 13.2. The van der Waals surface area contributed by atoms with Gasteiger partial charge in [0.2, 0.25) is 11.2 Å². The minimum Gasteiger partial charge on any atom is -0.497 e. The third kappa shape index (κ3) is 4.40. The summed E-state index contributed by atoms with van der Waals surface area (Å²) in [5.74, 6) is -0.563. The minimum atomic E-state index is -3.77. The van der Waals surface area contributed by atoms with E-state index in [4.69, 9.17) is 18.1 Å². The van der Waals surface area contributed by atoms with E-state index >= 15 is 0 Å². The van der Waals surface area contributed by atoms with Gasteiger partial charge in [0, 0.05) is 6.07 Å². The highest BCUT2D eigenvalue weighted by Gasteiger charge is 2.23. The molecular weight excluding hydrogens is 400 g/mol. The molecule has 0 aliphatic carbocycles. The van der Waals surface area contributed by atoms with E-state index in [1.54, 1.807) is 31.2 Å². The number of fused-ring (bicyclic) bond motifs is 1. The van der Waals surface area contributed by atoms with Crippen LogP contribution in [0.3, 0.4) is 0 Å². The number of benzene rings is 2. The van der Waals surface area contributed by atoms with E-state index in [0.717, 1.165) is 6.26 Å². The summed E-state index contributed by atoms with van der Waals surface area (Å²) in [6, 6.07) is 10.5. The van der Waals surface area contributed by atoms with Crippen molar-refractivity contribution in [3.05, 3.63) is 58.4 Å². The minimum absolute atomic E-state index is 0.00327. The van der Waals surface area contributed by atoms with Gasteiger partial charge in [-0.05, 0) is 36.8 Å². The van der Waals surface area contributed by atoms with Gasteiger partial charge in [-0.1, -0.05) is 12.1 Å². The molecule has 0 unspecified atom stereocenters. The average molecular weight is 418 g/mol. The Kier molecular flexibility index (Phi) is 5.60. The van der Waals surface area contributed by atoms with E-state index in [0.29, 0.717) is 11.3 Å². The van der Waals surface area contributed by atoms with Gasteiger partial charge in [-0.2, -0.15) is 8.42 Å². The standard InChI is InChI=1S/C20H18O8S/c1-4-26-20(22)19-17(12-5-7-13(25-2)8-6-12)18(21)15-10-9-14(11-16(15)27-19)28-29(3,23)24/h5-11H,4H2,1-3H3. The zero-order chi connectivity index (χ0) is 21.2. The summed E-state index contributed by atoms with van der Waals surface area (Å²) in [7, 11) is -2.26. The highest BCUT2D eigenvalue weighted by atomic mass is 32.2. The Morgan fingerprint density at radius 3 is 2.31 bits per heavy atom. The van der Waals surface area contributed by atoms with E-state index in [1.165, 1.54) is 25.3 Å². The van der Waals surface area contributed by atoms with Crippen LogP contribution in [0.25, 0.3) is 22.1 Å². The van der Waals surface area contributed by atoms with E-state index in [2.05, 4.69) is 0 Å². The summed E-state index contributed by atoms with van der Waals surface area (Å²) in [6.07, 6.45) is 0.893. The van der Waals surface area contributed by atoms with Crippen molar-refractivity contribution in [3.63, 3.8) is 0 Å².